The van der Waals surface area contributed by atoms with Gasteiger partial charge in [-0.25, -0.2) is 0 Å². The fourth-order valence-electron chi connectivity index (χ4n) is 3.37. The van der Waals surface area contributed by atoms with E-state index in [-0.39, 0.29) is 5.97 Å². The summed E-state index contributed by atoms with van der Waals surface area (Å²) in [5.74, 6) is -0.180. The lowest BCUT2D eigenvalue weighted by Gasteiger charge is -2.14. The van der Waals surface area contributed by atoms with Gasteiger partial charge in [-0.2, -0.15) is 0 Å². The van der Waals surface area contributed by atoms with Crippen LogP contribution < -0.4 is 0 Å². The Morgan fingerprint density at radius 2 is 1.58 bits per heavy atom. The largest absolute Gasteiger partial charge is 0.461 e. The molecule has 4 aromatic rings. The van der Waals surface area contributed by atoms with Crippen molar-refractivity contribution >= 4 is 38.3 Å². The molecule has 2 nitrogen and oxygen atoms in total. The third kappa shape index (κ3) is 2.41. The Balaban J connectivity index is 1.79. The highest BCUT2D eigenvalue weighted by Gasteiger charge is 2.11. The number of carbonyl (C=O) groups excluding carboxylic acids is 1. The highest BCUT2D eigenvalue weighted by atomic mass is 16.5. The van der Waals surface area contributed by atoms with Crippen LogP contribution in [0.1, 0.15) is 18.4 Å². The molecule has 0 saturated carbocycles. The third-order valence-corrected chi connectivity index (χ3v) is 4.56. The molecule has 0 bridgehead atoms. The van der Waals surface area contributed by atoms with Gasteiger partial charge in [-0.3, -0.25) is 4.79 Å². The molecule has 0 fully saturated rings. The Hall–Kier alpha value is -2.87. The van der Waals surface area contributed by atoms with Crippen molar-refractivity contribution < 1.29 is 9.53 Å². The van der Waals surface area contributed by atoms with E-state index in [0.717, 1.165) is 10.9 Å². The first-order valence-corrected chi connectivity index (χ1v) is 8.20. The Morgan fingerprint density at radius 3 is 2.33 bits per heavy atom. The SMILES string of the molecule is C=CCCC(=O)OCc1ccc2ccc3cccc4ccc1c2c34. The van der Waals surface area contributed by atoms with Gasteiger partial charge in [-0.1, -0.05) is 60.7 Å². The van der Waals surface area contributed by atoms with E-state index in [1.165, 1.54) is 26.9 Å². The van der Waals surface area contributed by atoms with Crippen LogP contribution in [0, 0.1) is 0 Å². The second kappa shape index (κ2) is 5.97. The summed E-state index contributed by atoms with van der Waals surface area (Å²) >= 11 is 0. The smallest absolute Gasteiger partial charge is 0.306 e. The van der Waals surface area contributed by atoms with Gasteiger partial charge in [0.15, 0.2) is 0 Å². The van der Waals surface area contributed by atoms with Gasteiger partial charge in [0.25, 0.3) is 0 Å². The first kappa shape index (κ1) is 14.7. The highest BCUT2D eigenvalue weighted by Crippen LogP contribution is 2.36. The Morgan fingerprint density at radius 1 is 0.917 bits per heavy atom. The van der Waals surface area contributed by atoms with E-state index >= 15 is 0 Å². The minimum absolute atomic E-state index is 0.180. The fourth-order valence-corrected chi connectivity index (χ4v) is 3.37. The summed E-state index contributed by atoms with van der Waals surface area (Å²) in [6, 6.07) is 19.1. The summed E-state index contributed by atoms with van der Waals surface area (Å²) in [5, 5.41) is 7.40. The van der Waals surface area contributed by atoms with Crippen LogP contribution in [0.4, 0.5) is 0 Å². The number of esters is 1. The van der Waals surface area contributed by atoms with Crippen molar-refractivity contribution in [1.82, 2.24) is 0 Å². The minimum Gasteiger partial charge on any atom is -0.461 e. The number of rotatable bonds is 5. The quantitative estimate of drug-likeness (QED) is 0.272. The maximum absolute atomic E-state index is 11.8. The Kier molecular flexibility index (Phi) is 3.66. The molecule has 0 unspecified atom stereocenters. The lowest BCUT2D eigenvalue weighted by molar-refractivity contribution is -0.144. The molecule has 0 N–H and O–H groups in total. The highest BCUT2D eigenvalue weighted by molar-refractivity contribution is 6.23. The second-order valence-corrected chi connectivity index (χ2v) is 6.07. The Labute approximate surface area is 140 Å². The summed E-state index contributed by atoms with van der Waals surface area (Å²) in [6.45, 7) is 3.94. The van der Waals surface area contributed by atoms with Crippen LogP contribution in [0.15, 0.2) is 67.3 Å². The summed E-state index contributed by atoms with van der Waals surface area (Å²) in [7, 11) is 0. The molecule has 0 saturated heterocycles. The van der Waals surface area contributed by atoms with Gasteiger partial charge in [0.1, 0.15) is 6.61 Å². The standard InChI is InChI=1S/C22H18O2/c1-2-3-7-20(23)24-14-18-11-10-17-9-8-15-5-4-6-16-12-13-19(18)22(17)21(15)16/h2,4-6,8-13H,1,3,7,14H2. The van der Waals surface area contributed by atoms with Crippen molar-refractivity contribution in [2.45, 2.75) is 19.4 Å². The van der Waals surface area contributed by atoms with E-state index < -0.39 is 0 Å². The number of ether oxygens (including phenoxy) is 1. The van der Waals surface area contributed by atoms with Crippen LogP contribution in [0.3, 0.4) is 0 Å². The first-order chi connectivity index (χ1) is 11.8. The molecule has 0 heterocycles. The average Bonchev–Trinajstić information content (AvgIpc) is 2.63. The summed E-state index contributed by atoms with van der Waals surface area (Å²) in [6.07, 6.45) is 2.77. The normalized spacial score (nSPS) is 11.3. The van der Waals surface area contributed by atoms with Gasteiger partial charge < -0.3 is 4.74 Å². The number of benzene rings is 4. The van der Waals surface area contributed by atoms with E-state index in [2.05, 4.69) is 61.2 Å². The van der Waals surface area contributed by atoms with Crippen LogP contribution in [-0.2, 0) is 16.1 Å². The first-order valence-electron chi connectivity index (χ1n) is 8.20. The average molecular weight is 314 g/mol. The molecule has 0 aliphatic heterocycles. The van der Waals surface area contributed by atoms with Crippen LogP contribution in [0.5, 0.6) is 0 Å². The molecule has 0 aliphatic rings. The number of hydrogen-bond acceptors (Lipinski definition) is 2. The molecule has 4 rings (SSSR count). The van der Waals surface area contributed by atoms with Crippen molar-refractivity contribution in [1.29, 1.82) is 0 Å². The van der Waals surface area contributed by atoms with E-state index in [9.17, 15) is 4.79 Å². The van der Waals surface area contributed by atoms with Crippen molar-refractivity contribution in [2.75, 3.05) is 0 Å². The van der Waals surface area contributed by atoms with E-state index in [1.54, 1.807) is 6.08 Å². The van der Waals surface area contributed by atoms with Crippen LogP contribution in [0.25, 0.3) is 32.3 Å². The van der Waals surface area contributed by atoms with Crippen molar-refractivity contribution in [3.05, 3.63) is 72.8 Å². The minimum atomic E-state index is -0.180. The predicted octanol–water partition coefficient (Wildman–Crippen LogP) is 5.59. The fraction of sp³-hybridized carbons (Fsp3) is 0.136. The lowest BCUT2D eigenvalue weighted by atomic mass is 9.92. The van der Waals surface area contributed by atoms with E-state index in [4.69, 9.17) is 4.74 Å². The summed E-state index contributed by atoms with van der Waals surface area (Å²) in [4.78, 5) is 11.8. The molecule has 0 aromatic heterocycles. The molecule has 2 heteroatoms. The van der Waals surface area contributed by atoms with Gasteiger partial charge in [-0.15, -0.1) is 6.58 Å². The molecule has 4 aromatic carbocycles. The van der Waals surface area contributed by atoms with Gasteiger partial charge in [0.2, 0.25) is 0 Å². The molecule has 0 atom stereocenters. The van der Waals surface area contributed by atoms with Crippen LogP contribution in [0.2, 0.25) is 0 Å². The summed E-state index contributed by atoms with van der Waals surface area (Å²) in [5.41, 5.74) is 1.05. The molecule has 118 valence electrons. The monoisotopic (exact) mass is 314 g/mol. The molecule has 0 radical (unpaired) electrons. The Bertz CT molecular complexity index is 1030. The number of allylic oxidation sites excluding steroid dienone is 1. The van der Waals surface area contributed by atoms with Crippen LogP contribution in [-0.4, -0.2) is 5.97 Å². The predicted molar refractivity (Wildman–Crippen MR) is 99.4 cm³/mol. The molecule has 24 heavy (non-hydrogen) atoms. The van der Waals surface area contributed by atoms with Gasteiger partial charge in [0.05, 0.1) is 0 Å². The van der Waals surface area contributed by atoms with Crippen LogP contribution >= 0.6 is 0 Å². The maximum Gasteiger partial charge on any atom is 0.306 e. The second-order valence-electron chi connectivity index (χ2n) is 6.07. The zero-order valence-electron chi connectivity index (χ0n) is 13.4. The summed E-state index contributed by atoms with van der Waals surface area (Å²) < 4.78 is 5.43. The maximum atomic E-state index is 11.8. The van der Waals surface area contributed by atoms with Gasteiger partial charge in [-0.05, 0) is 44.3 Å². The van der Waals surface area contributed by atoms with Crippen molar-refractivity contribution in [3.8, 4) is 0 Å². The zero-order chi connectivity index (χ0) is 16.5. The lowest BCUT2D eigenvalue weighted by Crippen LogP contribution is -2.04. The van der Waals surface area contributed by atoms with Crippen molar-refractivity contribution in [2.24, 2.45) is 0 Å². The molecule has 0 spiro atoms. The molecule has 0 aliphatic carbocycles. The molecular formula is C22H18O2. The third-order valence-electron chi connectivity index (χ3n) is 4.56. The van der Waals surface area contributed by atoms with Gasteiger partial charge >= 0.3 is 5.97 Å². The zero-order valence-corrected chi connectivity index (χ0v) is 13.4. The number of hydrogen-bond donors (Lipinski definition) is 0. The molecule has 0 amide bonds. The van der Waals surface area contributed by atoms with Gasteiger partial charge in [0, 0.05) is 6.42 Å². The number of carbonyl (C=O) groups is 1. The van der Waals surface area contributed by atoms with E-state index in [1.807, 2.05) is 0 Å². The van der Waals surface area contributed by atoms with Crippen molar-refractivity contribution in [3.63, 3.8) is 0 Å². The topological polar surface area (TPSA) is 26.3 Å². The molecular weight excluding hydrogens is 296 g/mol. The van der Waals surface area contributed by atoms with E-state index in [0.29, 0.717) is 19.4 Å².